The molecule has 0 aliphatic rings. The van der Waals surface area contributed by atoms with E-state index >= 15 is 0 Å². The summed E-state index contributed by atoms with van der Waals surface area (Å²) in [5, 5.41) is 3.21. The second-order valence-corrected chi connectivity index (χ2v) is 3.58. The molecule has 3 nitrogen and oxygen atoms in total. The molecule has 0 bridgehead atoms. The lowest BCUT2D eigenvalue weighted by Crippen LogP contribution is -2.11. The van der Waals surface area contributed by atoms with Gasteiger partial charge in [-0.05, 0) is 25.1 Å². The Balaban J connectivity index is 2.40. The molecule has 0 saturated carbocycles. The van der Waals surface area contributed by atoms with E-state index in [1.807, 2.05) is 0 Å². The number of carbonyl (C=O) groups is 1. The van der Waals surface area contributed by atoms with E-state index in [1.54, 1.807) is 13.0 Å². The van der Waals surface area contributed by atoms with Gasteiger partial charge in [0.1, 0.15) is 5.82 Å². The number of hydrogen-bond donors (Lipinski definition) is 1. The largest absolute Gasteiger partial charge is 0.466 e. The maximum atomic E-state index is 12.9. The fourth-order valence-corrected chi connectivity index (χ4v) is 1.42. The monoisotopic (exact) mass is 245 g/mol. The van der Waals surface area contributed by atoms with Crippen LogP contribution in [0, 0.1) is 5.82 Å². The Morgan fingerprint density at radius 1 is 1.50 bits per heavy atom. The molecule has 0 amide bonds. The van der Waals surface area contributed by atoms with Crippen molar-refractivity contribution in [3.8, 4) is 0 Å². The number of carbonyl (C=O) groups excluding carboxylic acids is 1. The maximum Gasteiger partial charge on any atom is 0.307 e. The van der Waals surface area contributed by atoms with E-state index in [0.717, 1.165) is 0 Å². The van der Waals surface area contributed by atoms with E-state index in [0.29, 0.717) is 23.9 Å². The SMILES string of the molecule is CCOC(=O)CCNc1cc(F)cc(Cl)c1. The Morgan fingerprint density at radius 2 is 2.25 bits per heavy atom. The Kier molecular flexibility index (Phi) is 5.05. The van der Waals surface area contributed by atoms with Crippen molar-refractivity contribution in [1.29, 1.82) is 0 Å². The Hall–Kier alpha value is -1.29. The quantitative estimate of drug-likeness (QED) is 0.811. The van der Waals surface area contributed by atoms with Gasteiger partial charge in [0.15, 0.2) is 0 Å². The van der Waals surface area contributed by atoms with Crippen LogP contribution in [0.15, 0.2) is 18.2 Å². The molecular weight excluding hydrogens is 233 g/mol. The highest BCUT2D eigenvalue weighted by molar-refractivity contribution is 6.30. The summed E-state index contributed by atoms with van der Waals surface area (Å²) in [6.45, 7) is 2.50. The predicted octanol–water partition coefficient (Wildman–Crippen LogP) is 2.84. The lowest BCUT2D eigenvalue weighted by atomic mass is 10.3. The van der Waals surface area contributed by atoms with E-state index < -0.39 is 5.82 Å². The Morgan fingerprint density at radius 3 is 2.88 bits per heavy atom. The maximum absolute atomic E-state index is 12.9. The summed E-state index contributed by atoms with van der Waals surface area (Å²) in [5.74, 6) is -0.691. The predicted molar refractivity (Wildman–Crippen MR) is 61.1 cm³/mol. The summed E-state index contributed by atoms with van der Waals surface area (Å²) >= 11 is 5.67. The molecule has 0 atom stereocenters. The summed E-state index contributed by atoms with van der Waals surface area (Å²) in [7, 11) is 0. The molecule has 1 rings (SSSR count). The fourth-order valence-electron chi connectivity index (χ4n) is 1.20. The van der Waals surface area contributed by atoms with Gasteiger partial charge in [-0.3, -0.25) is 4.79 Å². The molecule has 0 spiro atoms. The van der Waals surface area contributed by atoms with Crippen LogP contribution in [0.25, 0.3) is 0 Å². The van der Waals surface area contributed by atoms with Crippen molar-refractivity contribution in [2.45, 2.75) is 13.3 Å². The van der Waals surface area contributed by atoms with Crippen molar-refractivity contribution in [2.75, 3.05) is 18.5 Å². The normalized spacial score (nSPS) is 9.94. The minimum absolute atomic E-state index is 0.238. The van der Waals surface area contributed by atoms with Crippen LogP contribution in [0.4, 0.5) is 10.1 Å². The first-order valence-electron chi connectivity index (χ1n) is 4.97. The van der Waals surface area contributed by atoms with Crippen molar-refractivity contribution in [3.63, 3.8) is 0 Å². The second kappa shape index (κ2) is 6.33. The summed E-state index contributed by atoms with van der Waals surface area (Å²) in [5.41, 5.74) is 0.550. The summed E-state index contributed by atoms with van der Waals surface area (Å²) < 4.78 is 17.7. The van der Waals surface area contributed by atoms with Crippen LogP contribution in [0.5, 0.6) is 0 Å². The number of benzene rings is 1. The average Bonchev–Trinajstić information content (AvgIpc) is 2.16. The minimum Gasteiger partial charge on any atom is -0.466 e. The van der Waals surface area contributed by atoms with Gasteiger partial charge in [-0.25, -0.2) is 4.39 Å². The van der Waals surface area contributed by atoms with Crippen LogP contribution in [0.3, 0.4) is 0 Å². The van der Waals surface area contributed by atoms with Gasteiger partial charge >= 0.3 is 5.97 Å². The standard InChI is InChI=1S/C11H13ClFNO2/c1-2-16-11(15)3-4-14-10-6-8(12)5-9(13)7-10/h5-7,14H,2-4H2,1H3. The first-order valence-corrected chi connectivity index (χ1v) is 5.35. The van der Waals surface area contributed by atoms with Crippen molar-refractivity contribution in [3.05, 3.63) is 29.0 Å². The number of esters is 1. The highest BCUT2D eigenvalue weighted by Crippen LogP contribution is 2.17. The van der Waals surface area contributed by atoms with Gasteiger partial charge in [-0.1, -0.05) is 11.6 Å². The number of ether oxygens (including phenoxy) is 1. The number of rotatable bonds is 5. The van der Waals surface area contributed by atoms with Crippen LogP contribution >= 0.6 is 11.6 Å². The van der Waals surface area contributed by atoms with Crippen molar-refractivity contribution >= 4 is 23.3 Å². The van der Waals surface area contributed by atoms with Crippen LogP contribution < -0.4 is 5.32 Å². The zero-order valence-electron chi connectivity index (χ0n) is 8.93. The molecule has 88 valence electrons. The van der Waals surface area contributed by atoms with E-state index in [-0.39, 0.29) is 12.4 Å². The van der Waals surface area contributed by atoms with Gasteiger partial charge in [-0.2, -0.15) is 0 Å². The summed E-state index contributed by atoms with van der Waals surface area (Å²) in [4.78, 5) is 11.0. The topological polar surface area (TPSA) is 38.3 Å². The summed E-state index contributed by atoms with van der Waals surface area (Å²) in [6, 6.07) is 4.13. The molecule has 0 unspecified atom stereocenters. The third-order valence-electron chi connectivity index (χ3n) is 1.83. The van der Waals surface area contributed by atoms with Gasteiger partial charge in [0.2, 0.25) is 0 Å². The van der Waals surface area contributed by atoms with E-state index in [9.17, 15) is 9.18 Å². The lowest BCUT2D eigenvalue weighted by molar-refractivity contribution is -0.142. The third-order valence-corrected chi connectivity index (χ3v) is 2.04. The molecule has 0 radical (unpaired) electrons. The first kappa shape index (κ1) is 12.8. The molecule has 0 saturated heterocycles. The molecule has 1 aromatic rings. The minimum atomic E-state index is -0.411. The van der Waals surface area contributed by atoms with E-state index in [4.69, 9.17) is 16.3 Å². The van der Waals surface area contributed by atoms with Gasteiger partial charge < -0.3 is 10.1 Å². The zero-order valence-corrected chi connectivity index (χ0v) is 9.68. The molecule has 5 heteroatoms. The number of hydrogen-bond acceptors (Lipinski definition) is 3. The number of nitrogens with one attached hydrogen (secondary N) is 1. The third kappa shape index (κ3) is 4.49. The molecule has 0 heterocycles. The van der Waals surface area contributed by atoms with Gasteiger partial charge in [0, 0.05) is 17.3 Å². The number of halogens is 2. The van der Waals surface area contributed by atoms with Gasteiger partial charge in [-0.15, -0.1) is 0 Å². The molecule has 1 aromatic carbocycles. The van der Waals surface area contributed by atoms with Crippen molar-refractivity contribution in [2.24, 2.45) is 0 Å². The van der Waals surface area contributed by atoms with Crippen LogP contribution in [0.1, 0.15) is 13.3 Å². The van der Waals surface area contributed by atoms with Crippen molar-refractivity contribution in [1.82, 2.24) is 0 Å². The van der Waals surface area contributed by atoms with E-state index in [1.165, 1.54) is 12.1 Å². The van der Waals surface area contributed by atoms with Crippen LogP contribution in [-0.2, 0) is 9.53 Å². The zero-order chi connectivity index (χ0) is 12.0. The molecule has 0 aliphatic carbocycles. The van der Waals surface area contributed by atoms with Gasteiger partial charge in [0.05, 0.1) is 13.0 Å². The first-order chi connectivity index (χ1) is 7.61. The number of anilines is 1. The molecule has 16 heavy (non-hydrogen) atoms. The Bertz CT molecular complexity index is 351. The highest BCUT2D eigenvalue weighted by atomic mass is 35.5. The van der Waals surface area contributed by atoms with E-state index in [2.05, 4.69) is 5.32 Å². The molecule has 0 aromatic heterocycles. The molecule has 0 aliphatic heterocycles. The fraction of sp³-hybridized carbons (Fsp3) is 0.364. The summed E-state index contributed by atoms with van der Waals surface area (Å²) in [6.07, 6.45) is 0.238. The highest BCUT2D eigenvalue weighted by Gasteiger charge is 2.02. The van der Waals surface area contributed by atoms with Crippen LogP contribution in [0.2, 0.25) is 5.02 Å². The van der Waals surface area contributed by atoms with Crippen molar-refractivity contribution < 1.29 is 13.9 Å². The van der Waals surface area contributed by atoms with Gasteiger partial charge in [0.25, 0.3) is 0 Å². The lowest BCUT2D eigenvalue weighted by Gasteiger charge is -2.06. The Labute approximate surface area is 98.5 Å². The van der Waals surface area contributed by atoms with Crippen LogP contribution in [-0.4, -0.2) is 19.1 Å². The smallest absolute Gasteiger partial charge is 0.307 e. The molecular formula is C11H13ClFNO2. The average molecular weight is 246 g/mol. The molecule has 0 fully saturated rings. The second-order valence-electron chi connectivity index (χ2n) is 3.14. The molecule has 1 N–H and O–H groups in total.